The van der Waals surface area contributed by atoms with Crippen LogP contribution in [0.5, 0.6) is 0 Å². The van der Waals surface area contributed by atoms with E-state index < -0.39 is 0 Å². The molecule has 0 N–H and O–H groups in total. The number of rotatable bonds is 9. The Labute approximate surface area is 363 Å². The van der Waals surface area contributed by atoms with Gasteiger partial charge in [0, 0.05) is 33.5 Å². The molecule has 62 heavy (non-hydrogen) atoms. The van der Waals surface area contributed by atoms with Crippen LogP contribution in [0.1, 0.15) is 19.4 Å². The van der Waals surface area contributed by atoms with E-state index in [9.17, 15) is 0 Å². The van der Waals surface area contributed by atoms with E-state index in [1.807, 2.05) is 0 Å². The minimum absolute atomic E-state index is 0.572. The summed E-state index contributed by atoms with van der Waals surface area (Å²) < 4.78 is 2.45. The van der Waals surface area contributed by atoms with E-state index in [4.69, 9.17) is 0 Å². The largest absolute Gasteiger partial charge is 0.311 e. The first kappa shape index (κ1) is 37.3. The Morgan fingerprint density at radius 1 is 0.355 bits per heavy atom. The minimum Gasteiger partial charge on any atom is -0.311 e. The van der Waals surface area contributed by atoms with Gasteiger partial charge in [0.1, 0.15) is 0 Å². The molecule has 0 atom stereocenters. The van der Waals surface area contributed by atoms with Gasteiger partial charge >= 0.3 is 0 Å². The van der Waals surface area contributed by atoms with Gasteiger partial charge in [-0.1, -0.05) is 166 Å². The van der Waals surface area contributed by atoms with Crippen molar-refractivity contribution in [3.05, 3.63) is 230 Å². The molecule has 10 aromatic carbocycles. The molecule has 11 aromatic rings. The quantitative estimate of drug-likeness (QED) is 0.132. The number of benzene rings is 10. The molecule has 0 saturated heterocycles. The van der Waals surface area contributed by atoms with Gasteiger partial charge in [0.15, 0.2) is 0 Å². The van der Waals surface area contributed by atoms with E-state index in [2.05, 4.69) is 248 Å². The molecule has 1 aromatic heterocycles. The van der Waals surface area contributed by atoms with E-state index in [-0.39, 0.29) is 0 Å². The second-order valence-electron chi connectivity index (χ2n) is 16.8. The highest BCUT2D eigenvalue weighted by Gasteiger charge is 2.19. The lowest BCUT2D eigenvalue weighted by Gasteiger charge is -2.25. The Bertz CT molecular complexity index is 3270. The average Bonchev–Trinajstić information content (AvgIpc) is 3.65. The molecule has 0 saturated carbocycles. The fourth-order valence-electron chi connectivity index (χ4n) is 9.66. The third kappa shape index (κ3) is 6.62. The van der Waals surface area contributed by atoms with Gasteiger partial charge < -0.3 is 9.47 Å². The number of para-hydroxylation sites is 2. The van der Waals surface area contributed by atoms with E-state index in [0.29, 0.717) is 5.92 Å². The number of hydrogen-bond acceptors (Lipinski definition) is 1. The number of hydrogen-bond donors (Lipinski definition) is 0. The van der Waals surface area contributed by atoms with Gasteiger partial charge in [-0.2, -0.15) is 0 Å². The second kappa shape index (κ2) is 15.7. The number of fused-ring (bicyclic) bond motifs is 5. The van der Waals surface area contributed by atoms with Gasteiger partial charge in [0.25, 0.3) is 0 Å². The Morgan fingerprint density at radius 2 is 0.774 bits per heavy atom. The SMILES string of the molecule is CC(C)Cc1ccc2c(c1)c1cc(-c3ccc(N(c4ccccc4)c4ccccc4)cc3)ccc1n2-c1ccc(-c2c3ccccc3c(-c3ccccc3)c3ccccc23)cc1. The molecule has 1 heterocycles. The zero-order valence-corrected chi connectivity index (χ0v) is 35.0. The topological polar surface area (TPSA) is 8.17 Å². The van der Waals surface area contributed by atoms with Crippen molar-refractivity contribution >= 4 is 60.4 Å². The van der Waals surface area contributed by atoms with Gasteiger partial charge in [-0.15, -0.1) is 0 Å². The molecular weight excluding hydrogens is 749 g/mol. The fraction of sp³-hybridized carbons (Fsp3) is 0.0667. The Kier molecular flexibility index (Phi) is 9.47. The van der Waals surface area contributed by atoms with Crippen LogP contribution in [0.3, 0.4) is 0 Å². The predicted molar refractivity (Wildman–Crippen MR) is 265 cm³/mol. The number of anilines is 3. The van der Waals surface area contributed by atoms with Crippen molar-refractivity contribution in [2.75, 3.05) is 4.90 Å². The number of aromatic nitrogens is 1. The zero-order chi connectivity index (χ0) is 41.6. The Hall–Kier alpha value is -7.68. The highest BCUT2D eigenvalue weighted by Crippen LogP contribution is 2.44. The summed E-state index contributed by atoms with van der Waals surface area (Å²) in [5.41, 5.74) is 15.7. The molecule has 0 amide bonds. The molecule has 2 heteroatoms. The summed E-state index contributed by atoms with van der Waals surface area (Å²) >= 11 is 0. The van der Waals surface area contributed by atoms with Crippen LogP contribution in [0.25, 0.3) is 82.4 Å². The first-order valence-electron chi connectivity index (χ1n) is 21.8. The molecule has 2 nitrogen and oxygen atoms in total. The average molecular weight is 795 g/mol. The molecule has 0 bridgehead atoms. The molecule has 296 valence electrons. The number of nitrogens with zero attached hydrogens (tertiary/aromatic N) is 2. The van der Waals surface area contributed by atoms with Crippen LogP contribution in [0.2, 0.25) is 0 Å². The van der Waals surface area contributed by atoms with Crippen molar-refractivity contribution in [1.29, 1.82) is 0 Å². The summed E-state index contributed by atoms with van der Waals surface area (Å²) in [4.78, 5) is 2.31. The van der Waals surface area contributed by atoms with E-state index in [1.165, 1.54) is 82.3 Å². The van der Waals surface area contributed by atoms with E-state index in [1.54, 1.807) is 0 Å². The minimum atomic E-state index is 0.572. The highest BCUT2D eigenvalue weighted by atomic mass is 15.1. The maximum atomic E-state index is 2.45. The van der Waals surface area contributed by atoms with E-state index >= 15 is 0 Å². The summed E-state index contributed by atoms with van der Waals surface area (Å²) in [7, 11) is 0. The first-order chi connectivity index (χ1) is 30.6. The molecule has 0 fully saturated rings. The van der Waals surface area contributed by atoms with Crippen LogP contribution in [0, 0.1) is 5.92 Å². The second-order valence-corrected chi connectivity index (χ2v) is 16.8. The molecule has 0 aliphatic carbocycles. The third-order valence-corrected chi connectivity index (χ3v) is 12.4. The molecule has 0 radical (unpaired) electrons. The summed E-state index contributed by atoms with van der Waals surface area (Å²) in [5, 5.41) is 7.62. The zero-order valence-electron chi connectivity index (χ0n) is 35.0. The molecule has 0 unspecified atom stereocenters. The Morgan fingerprint density at radius 3 is 1.31 bits per heavy atom. The van der Waals surface area contributed by atoms with Gasteiger partial charge in [-0.05, 0) is 146 Å². The van der Waals surface area contributed by atoms with Crippen LogP contribution in [0.4, 0.5) is 17.1 Å². The van der Waals surface area contributed by atoms with Crippen LogP contribution in [0.15, 0.2) is 224 Å². The molecule has 0 spiro atoms. The lowest BCUT2D eigenvalue weighted by molar-refractivity contribution is 0.648. The third-order valence-electron chi connectivity index (χ3n) is 12.4. The highest BCUT2D eigenvalue weighted by molar-refractivity contribution is 6.21. The van der Waals surface area contributed by atoms with Crippen LogP contribution < -0.4 is 4.90 Å². The van der Waals surface area contributed by atoms with Gasteiger partial charge in [0.2, 0.25) is 0 Å². The van der Waals surface area contributed by atoms with Crippen molar-refractivity contribution in [3.8, 4) is 39.1 Å². The van der Waals surface area contributed by atoms with Crippen LogP contribution in [-0.4, -0.2) is 4.57 Å². The van der Waals surface area contributed by atoms with Gasteiger partial charge in [-0.25, -0.2) is 0 Å². The monoisotopic (exact) mass is 794 g/mol. The van der Waals surface area contributed by atoms with Crippen LogP contribution in [-0.2, 0) is 6.42 Å². The van der Waals surface area contributed by atoms with Crippen LogP contribution >= 0.6 is 0 Å². The van der Waals surface area contributed by atoms with Gasteiger partial charge in [-0.3, -0.25) is 0 Å². The lowest BCUT2D eigenvalue weighted by Crippen LogP contribution is -2.09. The van der Waals surface area contributed by atoms with E-state index in [0.717, 1.165) is 29.2 Å². The molecule has 0 aliphatic heterocycles. The standard InChI is InChI=1S/C60H46N2/c1-41(2)38-42-26-36-57-55(39-42)56-40-46(43-27-32-49(33-28-43)61(47-18-8-4-9-19-47)48-20-10-5-11-21-48)31-37-58(56)62(57)50-34-29-45(30-35-50)60-53-24-14-12-22-51(53)59(44-16-6-3-7-17-44)52-23-13-15-25-54(52)60/h3-37,39-41H,38H2,1-2H3. The van der Waals surface area contributed by atoms with Crippen molar-refractivity contribution in [1.82, 2.24) is 4.57 Å². The molecule has 0 aliphatic rings. The van der Waals surface area contributed by atoms with Crippen molar-refractivity contribution in [2.45, 2.75) is 20.3 Å². The Balaban J connectivity index is 1.02. The molecule has 11 rings (SSSR count). The van der Waals surface area contributed by atoms with Crippen molar-refractivity contribution in [2.24, 2.45) is 5.92 Å². The fourth-order valence-corrected chi connectivity index (χ4v) is 9.66. The van der Waals surface area contributed by atoms with Gasteiger partial charge in [0.05, 0.1) is 11.0 Å². The lowest BCUT2D eigenvalue weighted by atomic mass is 9.86. The summed E-state index contributed by atoms with van der Waals surface area (Å²) in [5.74, 6) is 0.572. The normalized spacial score (nSPS) is 11.6. The summed E-state index contributed by atoms with van der Waals surface area (Å²) in [6.07, 6.45) is 1.04. The first-order valence-corrected chi connectivity index (χ1v) is 21.8. The maximum Gasteiger partial charge on any atom is 0.0541 e. The summed E-state index contributed by atoms with van der Waals surface area (Å²) in [6.45, 7) is 4.60. The predicted octanol–water partition coefficient (Wildman–Crippen LogP) is 16.8. The van der Waals surface area contributed by atoms with Crippen molar-refractivity contribution in [3.63, 3.8) is 0 Å². The van der Waals surface area contributed by atoms with Crippen molar-refractivity contribution < 1.29 is 0 Å². The smallest absolute Gasteiger partial charge is 0.0541 e. The summed E-state index contributed by atoms with van der Waals surface area (Å²) in [6, 6.07) is 82.2. The maximum absolute atomic E-state index is 2.45. The molecular formula is C60H46N2.